The van der Waals surface area contributed by atoms with E-state index >= 15 is 0 Å². The lowest BCUT2D eigenvalue weighted by molar-refractivity contribution is 0.102. The number of carbonyl (C=O) groups excluding carboxylic acids is 1. The van der Waals surface area contributed by atoms with Crippen LogP contribution in [0.4, 0.5) is 24.5 Å². The summed E-state index contributed by atoms with van der Waals surface area (Å²) in [6.07, 6.45) is 0. The Bertz CT molecular complexity index is 671. The molecule has 3 nitrogen and oxygen atoms in total. The molecule has 2 aromatic rings. The zero-order valence-electron chi connectivity index (χ0n) is 9.88. The lowest BCUT2D eigenvalue weighted by atomic mass is 10.1. The summed E-state index contributed by atoms with van der Waals surface area (Å²) in [5, 5.41) is 2.22. The molecule has 1 amide bonds. The molecule has 2 rings (SSSR count). The lowest BCUT2D eigenvalue weighted by Gasteiger charge is -2.08. The lowest BCUT2D eigenvalue weighted by Crippen LogP contribution is -2.14. The number of nitrogens with one attached hydrogen (secondary N) is 1. The van der Waals surface area contributed by atoms with Crippen LogP contribution in [0.2, 0.25) is 0 Å². The SMILES string of the molecule is Nc1cc(F)cc(C(=O)Nc2cc(Br)c(F)cc2F)c1. The van der Waals surface area contributed by atoms with E-state index in [1.807, 2.05) is 0 Å². The van der Waals surface area contributed by atoms with Crippen LogP contribution in [0.25, 0.3) is 0 Å². The second-order valence-electron chi connectivity index (χ2n) is 3.97. The van der Waals surface area contributed by atoms with Crippen molar-refractivity contribution < 1.29 is 18.0 Å². The number of hydrogen-bond donors (Lipinski definition) is 2. The van der Waals surface area contributed by atoms with Gasteiger partial charge in [0.05, 0.1) is 10.2 Å². The maximum Gasteiger partial charge on any atom is 0.255 e. The van der Waals surface area contributed by atoms with E-state index in [2.05, 4.69) is 21.2 Å². The van der Waals surface area contributed by atoms with Gasteiger partial charge in [0, 0.05) is 17.3 Å². The molecule has 0 saturated heterocycles. The molecule has 0 bridgehead atoms. The average molecular weight is 345 g/mol. The third-order valence-corrected chi connectivity index (χ3v) is 3.05. The van der Waals surface area contributed by atoms with Crippen molar-refractivity contribution >= 4 is 33.2 Å². The van der Waals surface area contributed by atoms with Crippen molar-refractivity contribution in [3.63, 3.8) is 0 Å². The summed E-state index contributed by atoms with van der Waals surface area (Å²) in [5.74, 6) is -3.18. The van der Waals surface area contributed by atoms with E-state index in [4.69, 9.17) is 5.73 Å². The van der Waals surface area contributed by atoms with Gasteiger partial charge >= 0.3 is 0 Å². The van der Waals surface area contributed by atoms with E-state index < -0.39 is 23.4 Å². The number of carbonyl (C=O) groups is 1. The van der Waals surface area contributed by atoms with Crippen molar-refractivity contribution in [2.75, 3.05) is 11.1 Å². The number of rotatable bonds is 2. The van der Waals surface area contributed by atoms with Gasteiger partial charge in [0.1, 0.15) is 17.5 Å². The smallest absolute Gasteiger partial charge is 0.255 e. The summed E-state index contributed by atoms with van der Waals surface area (Å²) in [4.78, 5) is 11.9. The number of halogens is 4. The van der Waals surface area contributed by atoms with Crippen LogP contribution >= 0.6 is 15.9 Å². The number of benzene rings is 2. The minimum atomic E-state index is -0.941. The molecule has 7 heteroatoms. The van der Waals surface area contributed by atoms with Gasteiger partial charge in [0.2, 0.25) is 0 Å². The highest BCUT2D eigenvalue weighted by Gasteiger charge is 2.13. The van der Waals surface area contributed by atoms with Crippen LogP contribution in [0.5, 0.6) is 0 Å². The van der Waals surface area contributed by atoms with Crippen molar-refractivity contribution in [3.8, 4) is 0 Å². The van der Waals surface area contributed by atoms with E-state index in [1.54, 1.807) is 0 Å². The number of nitrogens with two attached hydrogens (primary N) is 1. The fourth-order valence-corrected chi connectivity index (χ4v) is 1.90. The Labute approximate surface area is 120 Å². The van der Waals surface area contributed by atoms with Gasteiger partial charge in [0.25, 0.3) is 5.91 Å². The van der Waals surface area contributed by atoms with Crippen molar-refractivity contribution in [3.05, 3.63) is 57.8 Å². The van der Waals surface area contributed by atoms with Crippen molar-refractivity contribution in [1.82, 2.24) is 0 Å². The van der Waals surface area contributed by atoms with Crippen LogP contribution in [0.3, 0.4) is 0 Å². The number of amides is 1. The maximum atomic E-state index is 13.5. The fraction of sp³-hybridized carbons (Fsp3) is 0. The predicted molar refractivity (Wildman–Crippen MR) is 72.8 cm³/mol. The second kappa shape index (κ2) is 5.54. The maximum absolute atomic E-state index is 13.5. The first-order valence-corrected chi connectivity index (χ1v) is 6.18. The summed E-state index contributed by atoms with van der Waals surface area (Å²) in [6, 6.07) is 4.95. The highest BCUT2D eigenvalue weighted by molar-refractivity contribution is 9.10. The molecular weight excluding hydrogens is 337 g/mol. The first-order chi connectivity index (χ1) is 9.36. The van der Waals surface area contributed by atoms with E-state index in [-0.39, 0.29) is 21.4 Å². The zero-order chi connectivity index (χ0) is 14.9. The summed E-state index contributed by atoms with van der Waals surface area (Å²) >= 11 is 2.88. The van der Waals surface area contributed by atoms with Gasteiger partial charge in [-0.2, -0.15) is 0 Å². The van der Waals surface area contributed by atoms with Gasteiger partial charge in [-0.15, -0.1) is 0 Å². The first kappa shape index (κ1) is 14.4. The summed E-state index contributed by atoms with van der Waals surface area (Å²) in [7, 11) is 0. The summed E-state index contributed by atoms with van der Waals surface area (Å²) in [6.45, 7) is 0. The van der Waals surface area contributed by atoms with Crippen molar-refractivity contribution in [1.29, 1.82) is 0 Å². The molecule has 0 spiro atoms. The van der Waals surface area contributed by atoms with Gasteiger partial charge in [-0.1, -0.05) is 0 Å². The molecule has 20 heavy (non-hydrogen) atoms. The third kappa shape index (κ3) is 3.11. The highest BCUT2D eigenvalue weighted by atomic mass is 79.9. The predicted octanol–water partition coefficient (Wildman–Crippen LogP) is 3.70. The zero-order valence-corrected chi connectivity index (χ0v) is 11.5. The quantitative estimate of drug-likeness (QED) is 0.644. The van der Waals surface area contributed by atoms with Gasteiger partial charge in [-0.3, -0.25) is 4.79 Å². The summed E-state index contributed by atoms with van der Waals surface area (Å²) in [5.41, 5.74) is 5.18. The molecule has 0 aromatic heterocycles. The third-order valence-electron chi connectivity index (χ3n) is 2.44. The monoisotopic (exact) mass is 344 g/mol. The van der Waals surface area contributed by atoms with Gasteiger partial charge < -0.3 is 11.1 Å². The largest absolute Gasteiger partial charge is 0.399 e. The Balaban J connectivity index is 2.30. The minimum absolute atomic E-state index is 0.00652. The minimum Gasteiger partial charge on any atom is -0.399 e. The standard InChI is InChI=1S/C13H8BrF3N2O/c14-9-4-12(11(17)5-10(9)16)19-13(20)6-1-7(15)3-8(18)2-6/h1-5H,18H2,(H,19,20). The molecule has 0 fully saturated rings. The molecular formula is C13H8BrF3N2O. The molecule has 0 saturated carbocycles. The molecule has 0 unspecified atom stereocenters. The molecule has 3 N–H and O–H groups in total. The van der Waals surface area contributed by atoms with Crippen LogP contribution in [-0.2, 0) is 0 Å². The van der Waals surface area contributed by atoms with E-state index in [1.165, 1.54) is 6.07 Å². The first-order valence-electron chi connectivity index (χ1n) is 5.39. The van der Waals surface area contributed by atoms with Crippen LogP contribution in [0.1, 0.15) is 10.4 Å². The molecule has 0 aliphatic rings. The molecule has 0 aliphatic heterocycles. The van der Waals surface area contributed by atoms with Crippen molar-refractivity contribution in [2.24, 2.45) is 0 Å². The van der Waals surface area contributed by atoms with Gasteiger partial charge in [-0.05, 0) is 40.2 Å². The Morgan fingerprint density at radius 3 is 2.40 bits per heavy atom. The van der Waals surface area contributed by atoms with Crippen LogP contribution in [-0.4, -0.2) is 5.91 Å². The Morgan fingerprint density at radius 1 is 1.05 bits per heavy atom. The van der Waals surface area contributed by atoms with E-state index in [0.29, 0.717) is 6.07 Å². The molecule has 104 valence electrons. The number of nitrogen functional groups attached to an aromatic ring is 1. The molecule has 0 aliphatic carbocycles. The van der Waals surface area contributed by atoms with Crippen LogP contribution in [0.15, 0.2) is 34.8 Å². The molecule has 0 radical (unpaired) electrons. The van der Waals surface area contributed by atoms with Crippen LogP contribution in [0, 0.1) is 17.5 Å². The Kier molecular flexibility index (Phi) is 3.99. The van der Waals surface area contributed by atoms with Crippen molar-refractivity contribution in [2.45, 2.75) is 0 Å². The van der Waals surface area contributed by atoms with Gasteiger partial charge in [-0.25, -0.2) is 13.2 Å². The summed E-state index contributed by atoms with van der Waals surface area (Å²) < 4.78 is 39.7. The highest BCUT2D eigenvalue weighted by Crippen LogP contribution is 2.24. The average Bonchev–Trinajstić information content (AvgIpc) is 2.34. The molecule has 0 heterocycles. The molecule has 2 aromatic carbocycles. The van der Waals surface area contributed by atoms with Gasteiger partial charge in [0.15, 0.2) is 0 Å². The number of hydrogen-bond acceptors (Lipinski definition) is 2. The van der Waals surface area contributed by atoms with Crippen LogP contribution < -0.4 is 11.1 Å². The van der Waals surface area contributed by atoms with E-state index in [0.717, 1.165) is 18.2 Å². The fourth-order valence-electron chi connectivity index (χ4n) is 1.56. The Morgan fingerprint density at radius 2 is 1.75 bits per heavy atom. The normalized spacial score (nSPS) is 10.4. The topological polar surface area (TPSA) is 55.1 Å². The Hall–Kier alpha value is -2.02. The van der Waals surface area contributed by atoms with E-state index in [9.17, 15) is 18.0 Å². The second-order valence-corrected chi connectivity index (χ2v) is 4.83. The molecule has 0 atom stereocenters. The number of anilines is 2.